The fourth-order valence-corrected chi connectivity index (χ4v) is 1.47. The first kappa shape index (κ1) is 14.7. The molecule has 0 fully saturated rings. The van der Waals surface area contributed by atoms with Gasteiger partial charge in [-0.25, -0.2) is 0 Å². The fourth-order valence-electron chi connectivity index (χ4n) is 1.47. The average molecular weight is 212 g/mol. The van der Waals surface area contributed by atoms with Gasteiger partial charge in [-0.05, 0) is 67.2 Å². The van der Waals surface area contributed by atoms with Crippen molar-refractivity contribution in [2.75, 3.05) is 27.2 Å². The molecule has 0 amide bonds. The van der Waals surface area contributed by atoms with E-state index in [0.29, 0.717) is 6.04 Å². The highest BCUT2D eigenvalue weighted by Gasteiger charge is 1.99. The fraction of sp³-hybridized carbons (Fsp3) is 0.846. The molecule has 2 heteroatoms. The van der Waals surface area contributed by atoms with Crippen LogP contribution in [-0.4, -0.2) is 38.1 Å². The number of nitrogens with one attached hydrogen (secondary N) is 1. The van der Waals surface area contributed by atoms with Gasteiger partial charge in [-0.3, -0.25) is 0 Å². The molecule has 0 aliphatic carbocycles. The lowest BCUT2D eigenvalue weighted by Crippen LogP contribution is -2.28. The van der Waals surface area contributed by atoms with E-state index in [1.807, 2.05) is 0 Å². The van der Waals surface area contributed by atoms with Gasteiger partial charge >= 0.3 is 0 Å². The van der Waals surface area contributed by atoms with Crippen LogP contribution < -0.4 is 5.32 Å². The molecule has 0 bridgehead atoms. The zero-order valence-corrected chi connectivity index (χ0v) is 11.1. The van der Waals surface area contributed by atoms with Crippen LogP contribution in [0.15, 0.2) is 11.6 Å². The van der Waals surface area contributed by atoms with Crippen LogP contribution in [0.2, 0.25) is 0 Å². The number of rotatable bonds is 8. The molecular formula is C13H28N2. The Balaban J connectivity index is 3.33. The van der Waals surface area contributed by atoms with Crippen LogP contribution in [0, 0.1) is 0 Å². The minimum absolute atomic E-state index is 0.641. The van der Waals surface area contributed by atoms with E-state index in [1.54, 1.807) is 0 Å². The normalized spacial score (nSPS) is 12.9. The molecule has 1 N–H and O–H groups in total. The van der Waals surface area contributed by atoms with Crippen LogP contribution in [0.5, 0.6) is 0 Å². The van der Waals surface area contributed by atoms with Gasteiger partial charge in [0, 0.05) is 6.04 Å². The third-order valence-electron chi connectivity index (χ3n) is 2.43. The Morgan fingerprint density at radius 2 is 2.00 bits per heavy atom. The molecule has 0 aliphatic heterocycles. The molecule has 1 atom stereocenters. The predicted octanol–water partition coefficient (Wildman–Crippen LogP) is 2.66. The number of nitrogens with zero attached hydrogens (tertiary/aromatic N) is 1. The van der Waals surface area contributed by atoms with Crippen molar-refractivity contribution < 1.29 is 0 Å². The standard InChI is InChI=1S/C13H28N2/c1-12(2)8-6-9-13(3)14-10-7-11-15(4)5/h8,13-14H,6-7,9-11H2,1-5H3/t13-/m1/s1. The molecule has 2 nitrogen and oxygen atoms in total. The lowest BCUT2D eigenvalue weighted by Gasteiger charge is -2.14. The average Bonchev–Trinajstić information content (AvgIpc) is 2.11. The maximum Gasteiger partial charge on any atom is 0.00416 e. The van der Waals surface area contributed by atoms with Gasteiger partial charge in [-0.15, -0.1) is 0 Å². The number of allylic oxidation sites excluding steroid dienone is 2. The maximum atomic E-state index is 3.56. The summed E-state index contributed by atoms with van der Waals surface area (Å²) in [5.41, 5.74) is 1.43. The predicted molar refractivity (Wildman–Crippen MR) is 69.3 cm³/mol. The van der Waals surface area contributed by atoms with Crippen LogP contribution in [-0.2, 0) is 0 Å². The second kappa shape index (κ2) is 8.93. The summed E-state index contributed by atoms with van der Waals surface area (Å²) in [4.78, 5) is 2.23. The Hall–Kier alpha value is -0.340. The zero-order chi connectivity index (χ0) is 11.7. The van der Waals surface area contributed by atoms with Crippen molar-refractivity contribution in [2.24, 2.45) is 0 Å². The Morgan fingerprint density at radius 3 is 2.53 bits per heavy atom. The van der Waals surface area contributed by atoms with Crippen molar-refractivity contribution in [3.05, 3.63) is 11.6 Å². The van der Waals surface area contributed by atoms with Gasteiger partial charge in [-0.2, -0.15) is 0 Å². The maximum absolute atomic E-state index is 3.56. The third-order valence-corrected chi connectivity index (χ3v) is 2.43. The molecule has 0 aromatic carbocycles. The van der Waals surface area contributed by atoms with E-state index in [-0.39, 0.29) is 0 Å². The second-order valence-electron chi connectivity index (χ2n) is 4.87. The summed E-state index contributed by atoms with van der Waals surface area (Å²) in [7, 11) is 4.25. The van der Waals surface area contributed by atoms with Crippen LogP contribution in [0.4, 0.5) is 0 Å². The van der Waals surface area contributed by atoms with Crippen molar-refractivity contribution in [3.8, 4) is 0 Å². The van der Waals surface area contributed by atoms with Crippen LogP contribution >= 0.6 is 0 Å². The number of hydrogen-bond acceptors (Lipinski definition) is 2. The van der Waals surface area contributed by atoms with Crippen LogP contribution in [0.25, 0.3) is 0 Å². The molecule has 0 spiro atoms. The van der Waals surface area contributed by atoms with E-state index >= 15 is 0 Å². The van der Waals surface area contributed by atoms with Gasteiger partial charge in [0.2, 0.25) is 0 Å². The van der Waals surface area contributed by atoms with Crippen LogP contribution in [0.1, 0.15) is 40.0 Å². The van der Waals surface area contributed by atoms with E-state index in [4.69, 9.17) is 0 Å². The molecule has 0 aliphatic rings. The van der Waals surface area contributed by atoms with Gasteiger partial charge in [0.1, 0.15) is 0 Å². The largest absolute Gasteiger partial charge is 0.314 e. The molecule has 0 aromatic heterocycles. The van der Waals surface area contributed by atoms with Gasteiger partial charge in [0.15, 0.2) is 0 Å². The summed E-state index contributed by atoms with van der Waals surface area (Å²) in [5, 5.41) is 3.56. The van der Waals surface area contributed by atoms with Gasteiger partial charge in [0.05, 0.1) is 0 Å². The highest BCUT2D eigenvalue weighted by molar-refractivity contribution is 4.93. The highest BCUT2D eigenvalue weighted by atomic mass is 15.1. The molecule has 0 unspecified atom stereocenters. The molecule has 0 radical (unpaired) electrons. The number of hydrogen-bond donors (Lipinski definition) is 1. The minimum atomic E-state index is 0.641. The van der Waals surface area contributed by atoms with Gasteiger partial charge in [-0.1, -0.05) is 11.6 Å². The first-order chi connectivity index (χ1) is 7.02. The molecule has 0 saturated heterocycles. The molecule has 0 aromatic rings. The molecule has 15 heavy (non-hydrogen) atoms. The lowest BCUT2D eigenvalue weighted by atomic mass is 10.1. The van der Waals surface area contributed by atoms with E-state index in [9.17, 15) is 0 Å². The Bertz CT molecular complexity index is 169. The second-order valence-corrected chi connectivity index (χ2v) is 4.87. The van der Waals surface area contributed by atoms with Gasteiger partial charge < -0.3 is 10.2 Å². The summed E-state index contributed by atoms with van der Waals surface area (Å²) in [6, 6.07) is 0.641. The topological polar surface area (TPSA) is 15.3 Å². The van der Waals surface area contributed by atoms with Crippen molar-refractivity contribution >= 4 is 0 Å². The summed E-state index contributed by atoms with van der Waals surface area (Å²) < 4.78 is 0. The van der Waals surface area contributed by atoms with Crippen molar-refractivity contribution in [3.63, 3.8) is 0 Å². The Morgan fingerprint density at radius 1 is 1.33 bits per heavy atom. The van der Waals surface area contributed by atoms with E-state index in [0.717, 1.165) is 6.54 Å². The van der Waals surface area contributed by atoms with Crippen molar-refractivity contribution in [1.82, 2.24) is 10.2 Å². The monoisotopic (exact) mass is 212 g/mol. The molecular weight excluding hydrogens is 184 g/mol. The summed E-state index contributed by atoms with van der Waals surface area (Å²) in [6.07, 6.45) is 6.00. The van der Waals surface area contributed by atoms with Crippen molar-refractivity contribution in [1.29, 1.82) is 0 Å². The smallest absolute Gasteiger partial charge is 0.00416 e. The summed E-state index contributed by atoms with van der Waals surface area (Å²) in [6.45, 7) is 8.90. The molecule has 0 heterocycles. The van der Waals surface area contributed by atoms with Crippen LogP contribution in [0.3, 0.4) is 0 Å². The van der Waals surface area contributed by atoms with Gasteiger partial charge in [0.25, 0.3) is 0 Å². The molecule has 90 valence electrons. The quantitative estimate of drug-likeness (QED) is 0.491. The lowest BCUT2D eigenvalue weighted by molar-refractivity contribution is 0.386. The van der Waals surface area contributed by atoms with E-state index in [2.05, 4.69) is 51.2 Å². The van der Waals surface area contributed by atoms with E-state index in [1.165, 1.54) is 31.4 Å². The SMILES string of the molecule is CC(C)=CCC[C@@H](C)NCCCN(C)C. The van der Waals surface area contributed by atoms with E-state index < -0.39 is 0 Å². The first-order valence-corrected chi connectivity index (χ1v) is 6.04. The third kappa shape index (κ3) is 11.6. The highest BCUT2D eigenvalue weighted by Crippen LogP contribution is 2.01. The Labute approximate surface area is 95.7 Å². The first-order valence-electron chi connectivity index (χ1n) is 6.04. The summed E-state index contributed by atoms with van der Waals surface area (Å²) in [5.74, 6) is 0. The minimum Gasteiger partial charge on any atom is -0.314 e. The Kier molecular flexibility index (Phi) is 8.73. The molecule has 0 saturated carbocycles. The summed E-state index contributed by atoms with van der Waals surface area (Å²) >= 11 is 0. The molecule has 0 rings (SSSR count). The zero-order valence-electron chi connectivity index (χ0n) is 11.1. The van der Waals surface area contributed by atoms with Crippen molar-refractivity contribution in [2.45, 2.75) is 46.1 Å².